The third kappa shape index (κ3) is 3.18. The van der Waals surface area contributed by atoms with Crippen molar-refractivity contribution in [2.45, 2.75) is 31.7 Å². The molecule has 0 aliphatic carbocycles. The topological polar surface area (TPSA) is 114 Å². The highest BCUT2D eigenvalue weighted by Crippen LogP contribution is 2.27. The monoisotopic (exact) mass is 368 g/mol. The largest absolute Gasteiger partial charge is 0.481 e. The lowest BCUT2D eigenvalue weighted by Crippen LogP contribution is -2.42. The van der Waals surface area contributed by atoms with Crippen molar-refractivity contribution in [3.05, 3.63) is 4.60 Å². The van der Waals surface area contributed by atoms with Gasteiger partial charge in [0, 0.05) is 13.6 Å². The molecule has 10 heteroatoms. The number of hydrogen-bond donors (Lipinski definition) is 2. The van der Waals surface area contributed by atoms with E-state index in [4.69, 9.17) is 0 Å². The number of carboxylic acids is 1. The van der Waals surface area contributed by atoms with Crippen LogP contribution in [0.25, 0.3) is 0 Å². The van der Waals surface area contributed by atoms with Crippen LogP contribution in [0, 0.1) is 5.41 Å². The van der Waals surface area contributed by atoms with Gasteiger partial charge in [-0.1, -0.05) is 19.1 Å². The highest BCUT2D eigenvalue weighted by atomic mass is 79.9. The molecule has 1 rings (SSSR count). The van der Waals surface area contributed by atoms with E-state index in [0.29, 0.717) is 12.8 Å². The van der Waals surface area contributed by atoms with Gasteiger partial charge in [-0.25, -0.2) is 17.8 Å². The molecule has 0 aromatic carbocycles. The van der Waals surface area contributed by atoms with Gasteiger partial charge in [0.15, 0.2) is 4.60 Å². The highest BCUT2D eigenvalue weighted by Gasteiger charge is 2.37. The molecular formula is C10H17BrN4O4S. The summed E-state index contributed by atoms with van der Waals surface area (Å²) in [7, 11) is -2.45. The molecule has 0 amide bonds. The number of aliphatic carboxylic acids is 1. The zero-order valence-corrected chi connectivity index (χ0v) is 13.8. The first kappa shape index (κ1) is 17.1. The van der Waals surface area contributed by atoms with E-state index >= 15 is 0 Å². The number of hydrogen-bond acceptors (Lipinski definition) is 5. The SMILES string of the molecule is CCC(CC)(CNS(=O)(=O)c1c(Br)nnn1C)C(=O)O. The van der Waals surface area contributed by atoms with Gasteiger partial charge >= 0.3 is 5.97 Å². The van der Waals surface area contributed by atoms with Crippen LogP contribution >= 0.6 is 15.9 Å². The van der Waals surface area contributed by atoms with E-state index in [1.807, 2.05) is 0 Å². The molecule has 8 nitrogen and oxygen atoms in total. The molecule has 2 N–H and O–H groups in total. The van der Waals surface area contributed by atoms with E-state index in [2.05, 4.69) is 31.0 Å². The Morgan fingerprint density at radius 2 is 2.00 bits per heavy atom. The van der Waals surface area contributed by atoms with Gasteiger partial charge in [-0.3, -0.25) is 4.79 Å². The minimum Gasteiger partial charge on any atom is -0.481 e. The lowest BCUT2D eigenvalue weighted by molar-refractivity contribution is -0.149. The molecule has 0 aliphatic heterocycles. The number of nitrogens with zero attached hydrogens (tertiary/aromatic N) is 3. The number of halogens is 1. The van der Waals surface area contributed by atoms with Gasteiger partial charge in [0.1, 0.15) is 0 Å². The highest BCUT2D eigenvalue weighted by molar-refractivity contribution is 9.10. The molecule has 0 bridgehead atoms. The van der Waals surface area contributed by atoms with E-state index in [9.17, 15) is 18.3 Å². The van der Waals surface area contributed by atoms with Gasteiger partial charge in [-0.2, -0.15) is 0 Å². The van der Waals surface area contributed by atoms with E-state index in [1.165, 1.54) is 7.05 Å². The van der Waals surface area contributed by atoms with Crippen LogP contribution in [0.4, 0.5) is 0 Å². The molecule has 0 fully saturated rings. The molecule has 0 unspecified atom stereocenters. The van der Waals surface area contributed by atoms with E-state index in [-0.39, 0.29) is 16.2 Å². The summed E-state index contributed by atoms with van der Waals surface area (Å²) in [5, 5.41) is 16.3. The fourth-order valence-corrected chi connectivity index (χ4v) is 4.00. The Labute approximate surface area is 125 Å². The lowest BCUT2D eigenvalue weighted by atomic mass is 9.83. The smallest absolute Gasteiger partial charge is 0.310 e. The zero-order chi connectivity index (χ0) is 15.6. The standard InChI is InChI=1S/C10H17BrN4O4S/c1-4-10(5-2,9(16)17)6-12-20(18,19)8-7(11)13-14-15(8)3/h12H,4-6H2,1-3H3,(H,16,17). The Balaban J connectivity index is 3.02. The van der Waals surface area contributed by atoms with Gasteiger partial charge in [-0.05, 0) is 28.8 Å². The predicted octanol–water partition coefficient (Wildman–Crippen LogP) is 0.747. The summed E-state index contributed by atoms with van der Waals surface area (Å²) in [6, 6.07) is 0. The zero-order valence-electron chi connectivity index (χ0n) is 11.4. The van der Waals surface area contributed by atoms with Crippen molar-refractivity contribution in [3.8, 4) is 0 Å². The van der Waals surface area contributed by atoms with Gasteiger partial charge < -0.3 is 5.11 Å². The summed E-state index contributed by atoms with van der Waals surface area (Å²) in [6.07, 6.45) is 0.651. The van der Waals surface area contributed by atoms with Crippen LogP contribution in [-0.2, 0) is 21.9 Å². The van der Waals surface area contributed by atoms with E-state index < -0.39 is 21.4 Å². The van der Waals surface area contributed by atoms with Crippen molar-refractivity contribution in [2.75, 3.05) is 6.54 Å². The Kier molecular flexibility index (Phi) is 5.27. The average Bonchev–Trinajstić information content (AvgIpc) is 2.71. The van der Waals surface area contributed by atoms with Crippen LogP contribution in [0.5, 0.6) is 0 Å². The van der Waals surface area contributed by atoms with Crippen molar-refractivity contribution >= 4 is 31.9 Å². The number of aromatic nitrogens is 3. The second-order valence-electron chi connectivity index (χ2n) is 4.43. The summed E-state index contributed by atoms with van der Waals surface area (Å²) in [6.45, 7) is 3.25. The summed E-state index contributed by atoms with van der Waals surface area (Å²) in [5.74, 6) is -1.02. The second-order valence-corrected chi connectivity index (χ2v) is 6.86. The summed E-state index contributed by atoms with van der Waals surface area (Å²) in [4.78, 5) is 11.3. The molecule has 0 atom stereocenters. The number of carbonyl (C=O) groups is 1. The molecule has 0 spiro atoms. The van der Waals surface area contributed by atoms with Crippen molar-refractivity contribution in [3.63, 3.8) is 0 Å². The normalized spacial score (nSPS) is 12.6. The molecular weight excluding hydrogens is 352 g/mol. The lowest BCUT2D eigenvalue weighted by Gasteiger charge is -2.26. The molecule has 20 heavy (non-hydrogen) atoms. The maximum absolute atomic E-state index is 12.2. The molecule has 0 aliphatic rings. The molecule has 1 heterocycles. The second kappa shape index (κ2) is 6.19. The molecule has 1 aromatic rings. The third-order valence-electron chi connectivity index (χ3n) is 3.40. The van der Waals surface area contributed by atoms with E-state index in [1.54, 1.807) is 13.8 Å². The van der Waals surface area contributed by atoms with Gasteiger partial charge in [0.25, 0.3) is 10.0 Å². The first-order valence-electron chi connectivity index (χ1n) is 5.98. The van der Waals surface area contributed by atoms with Crippen LogP contribution in [0.2, 0.25) is 0 Å². The van der Waals surface area contributed by atoms with Gasteiger partial charge in [0.2, 0.25) is 5.03 Å². The Bertz CT molecular complexity index is 575. The molecule has 0 saturated heterocycles. The number of rotatable bonds is 7. The molecule has 0 saturated carbocycles. The Hall–Kier alpha value is -1.00. The number of sulfonamides is 1. The minimum atomic E-state index is -3.89. The van der Waals surface area contributed by atoms with Gasteiger partial charge in [0.05, 0.1) is 5.41 Å². The first-order valence-corrected chi connectivity index (χ1v) is 8.26. The van der Waals surface area contributed by atoms with Crippen LogP contribution in [0.1, 0.15) is 26.7 Å². The maximum Gasteiger partial charge on any atom is 0.310 e. The molecule has 114 valence electrons. The molecule has 0 radical (unpaired) electrons. The fourth-order valence-electron chi connectivity index (χ4n) is 1.79. The Morgan fingerprint density at radius 3 is 2.35 bits per heavy atom. The van der Waals surface area contributed by atoms with Crippen LogP contribution in [0.3, 0.4) is 0 Å². The van der Waals surface area contributed by atoms with Crippen molar-refractivity contribution in [1.29, 1.82) is 0 Å². The quantitative estimate of drug-likeness (QED) is 0.733. The third-order valence-corrected chi connectivity index (χ3v) is 5.69. The minimum absolute atomic E-state index is 0.0846. The number of aryl methyl sites for hydroxylation is 1. The summed E-state index contributed by atoms with van der Waals surface area (Å²) in [5.41, 5.74) is -1.12. The van der Waals surface area contributed by atoms with Crippen molar-refractivity contribution < 1.29 is 18.3 Å². The van der Waals surface area contributed by atoms with Gasteiger partial charge in [-0.15, -0.1) is 5.10 Å². The van der Waals surface area contributed by atoms with E-state index in [0.717, 1.165) is 4.68 Å². The summed E-state index contributed by atoms with van der Waals surface area (Å²) < 4.78 is 27.9. The molecule has 1 aromatic heterocycles. The predicted molar refractivity (Wildman–Crippen MR) is 74.5 cm³/mol. The van der Waals surface area contributed by atoms with Crippen molar-refractivity contribution in [2.24, 2.45) is 12.5 Å². The maximum atomic E-state index is 12.2. The summed E-state index contributed by atoms with van der Waals surface area (Å²) >= 11 is 3.01. The average molecular weight is 369 g/mol. The van der Waals surface area contributed by atoms with Crippen LogP contribution in [0.15, 0.2) is 9.63 Å². The number of nitrogens with one attached hydrogen (secondary N) is 1. The van der Waals surface area contributed by atoms with Crippen molar-refractivity contribution in [1.82, 2.24) is 19.7 Å². The van der Waals surface area contributed by atoms with Crippen LogP contribution in [-0.4, -0.2) is 41.0 Å². The Morgan fingerprint density at radius 1 is 1.45 bits per heavy atom. The first-order chi connectivity index (χ1) is 9.20. The number of carboxylic acid groups (broad SMARTS) is 1. The fraction of sp³-hybridized carbons (Fsp3) is 0.700. The van der Waals surface area contributed by atoms with Crippen LogP contribution < -0.4 is 4.72 Å².